The van der Waals surface area contributed by atoms with Crippen molar-refractivity contribution in [1.82, 2.24) is 0 Å². The Morgan fingerprint density at radius 2 is 2.25 bits per heavy atom. The van der Waals surface area contributed by atoms with Crippen LogP contribution in [0.4, 0.5) is 0 Å². The van der Waals surface area contributed by atoms with E-state index in [1.165, 1.54) is 0 Å². The average molecular weight is 111 g/mol. The van der Waals surface area contributed by atoms with Crippen LogP contribution >= 0.6 is 0 Å². The van der Waals surface area contributed by atoms with Gasteiger partial charge in [0, 0.05) is 5.70 Å². The highest BCUT2D eigenvalue weighted by atomic mass is 14.5. The normalized spacial score (nSPS) is 13.0. The number of allylic oxidation sites excluding steroid dienone is 4. The standard InChI is InChI=1S/C7H13N/c1-3-4-5-6-7(2)8/h3-4,6H,5,8H2,1-2H3. The fraction of sp³-hybridized carbons (Fsp3) is 0.429. The molecule has 0 atom stereocenters. The van der Waals surface area contributed by atoms with Gasteiger partial charge in [-0.2, -0.15) is 0 Å². The van der Waals surface area contributed by atoms with Crippen molar-refractivity contribution in [1.29, 1.82) is 0 Å². The van der Waals surface area contributed by atoms with Gasteiger partial charge in [-0.3, -0.25) is 0 Å². The van der Waals surface area contributed by atoms with E-state index in [-0.39, 0.29) is 0 Å². The highest BCUT2D eigenvalue weighted by Gasteiger charge is 1.71. The molecule has 0 rings (SSSR count). The molecule has 46 valence electrons. The zero-order valence-corrected chi connectivity index (χ0v) is 5.52. The van der Waals surface area contributed by atoms with Crippen LogP contribution in [0, 0.1) is 0 Å². The van der Waals surface area contributed by atoms with Gasteiger partial charge < -0.3 is 5.73 Å². The monoisotopic (exact) mass is 111 g/mol. The molecule has 1 heteroatoms. The molecule has 0 saturated heterocycles. The molecule has 1 nitrogen and oxygen atoms in total. The molecule has 0 radical (unpaired) electrons. The summed E-state index contributed by atoms with van der Waals surface area (Å²) in [6.07, 6.45) is 7.02. The molecular formula is C7H13N. The van der Waals surface area contributed by atoms with Crippen molar-refractivity contribution in [3.63, 3.8) is 0 Å². The van der Waals surface area contributed by atoms with Gasteiger partial charge in [-0.1, -0.05) is 18.2 Å². The maximum atomic E-state index is 5.36. The van der Waals surface area contributed by atoms with E-state index in [9.17, 15) is 0 Å². The van der Waals surface area contributed by atoms with Gasteiger partial charge in [0.2, 0.25) is 0 Å². The molecule has 0 aromatic carbocycles. The Labute approximate surface area is 50.9 Å². The lowest BCUT2D eigenvalue weighted by molar-refractivity contribution is 1.23. The lowest BCUT2D eigenvalue weighted by Gasteiger charge is -1.84. The molecule has 0 aromatic heterocycles. The lowest BCUT2D eigenvalue weighted by atomic mass is 10.3. The second-order valence-electron chi connectivity index (χ2n) is 1.75. The first kappa shape index (κ1) is 7.28. The topological polar surface area (TPSA) is 26.0 Å². The zero-order chi connectivity index (χ0) is 6.41. The third-order valence-corrected chi connectivity index (χ3v) is 0.812. The van der Waals surface area contributed by atoms with E-state index in [1.54, 1.807) is 0 Å². The SMILES string of the molecule is CC=CCC=C(C)N. The van der Waals surface area contributed by atoms with E-state index in [1.807, 2.05) is 26.0 Å². The molecule has 0 heterocycles. The Bertz CT molecular complexity index is 97.0. The summed E-state index contributed by atoms with van der Waals surface area (Å²) in [5, 5.41) is 0. The summed E-state index contributed by atoms with van der Waals surface area (Å²) in [6.45, 7) is 3.89. The summed E-state index contributed by atoms with van der Waals surface area (Å²) in [5.41, 5.74) is 6.25. The molecule has 0 amide bonds. The molecule has 2 N–H and O–H groups in total. The minimum Gasteiger partial charge on any atom is -0.403 e. The summed E-state index contributed by atoms with van der Waals surface area (Å²) in [4.78, 5) is 0. The Balaban J connectivity index is 3.30. The summed E-state index contributed by atoms with van der Waals surface area (Å²) in [6, 6.07) is 0. The highest BCUT2D eigenvalue weighted by molar-refractivity contribution is 4.96. The first-order valence-corrected chi connectivity index (χ1v) is 2.80. The van der Waals surface area contributed by atoms with Crippen molar-refractivity contribution < 1.29 is 0 Å². The third-order valence-electron chi connectivity index (χ3n) is 0.812. The zero-order valence-electron chi connectivity index (χ0n) is 5.52. The molecule has 0 aliphatic carbocycles. The van der Waals surface area contributed by atoms with E-state index in [4.69, 9.17) is 5.73 Å². The fourth-order valence-corrected chi connectivity index (χ4v) is 0.390. The molecule has 0 spiro atoms. The second-order valence-corrected chi connectivity index (χ2v) is 1.75. The van der Waals surface area contributed by atoms with E-state index in [0.29, 0.717) is 0 Å². The van der Waals surface area contributed by atoms with Gasteiger partial charge in [0.1, 0.15) is 0 Å². The minimum atomic E-state index is 0.892. The van der Waals surface area contributed by atoms with Gasteiger partial charge in [-0.05, 0) is 20.3 Å². The van der Waals surface area contributed by atoms with Gasteiger partial charge in [-0.15, -0.1) is 0 Å². The van der Waals surface area contributed by atoms with Crippen molar-refractivity contribution in [2.24, 2.45) is 5.73 Å². The van der Waals surface area contributed by atoms with Crippen LogP contribution in [0.2, 0.25) is 0 Å². The number of hydrogen-bond acceptors (Lipinski definition) is 1. The molecule has 0 bridgehead atoms. The van der Waals surface area contributed by atoms with Crippen LogP contribution in [-0.2, 0) is 0 Å². The van der Waals surface area contributed by atoms with E-state index >= 15 is 0 Å². The smallest absolute Gasteiger partial charge is 0.00115 e. The van der Waals surface area contributed by atoms with Crippen molar-refractivity contribution in [3.8, 4) is 0 Å². The van der Waals surface area contributed by atoms with Crippen molar-refractivity contribution in [3.05, 3.63) is 23.9 Å². The van der Waals surface area contributed by atoms with Crippen LogP contribution in [-0.4, -0.2) is 0 Å². The molecule has 0 aromatic rings. The Morgan fingerprint density at radius 1 is 1.62 bits per heavy atom. The molecule has 0 aliphatic rings. The molecule has 0 saturated carbocycles. The van der Waals surface area contributed by atoms with Crippen molar-refractivity contribution in [2.75, 3.05) is 0 Å². The van der Waals surface area contributed by atoms with Crippen LogP contribution in [0.15, 0.2) is 23.9 Å². The maximum Gasteiger partial charge on any atom is 0.00115 e. The van der Waals surface area contributed by atoms with E-state index in [0.717, 1.165) is 12.1 Å². The second kappa shape index (κ2) is 4.44. The Kier molecular flexibility index (Phi) is 4.04. The molecule has 0 aliphatic heterocycles. The van der Waals surface area contributed by atoms with Crippen LogP contribution in [0.25, 0.3) is 0 Å². The van der Waals surface area contributed by atoms with Crippen molar-refractivity contribution in [2.45, 2.75) is 20.3 Å². The van der Waals surface area contributed by atoms with Gasteiger partial charge in [0.15, 0.2) is 0 Å². The number of nitrogens with two attached hydrogens (primary N) is 1. The number of rotatable bonds is 2. The van der Waals surface area contributed by atoms with Gasteiger partial charge in [0.25, 0.3) is 0 Å². The van der Waals surface area contributed by atoms with E-state index in [2.05, 4.69) is 6.08 Å². The van der Waals surface area contributed by atoms with Gasteiger partial charge >= 0.3 is 0 Å². The predicted molar refractivity (Wildman–Crippen MR) is 37.4 cm³/mol. The fourth-order valence-electron chi connectivity index (χ4n) is 0.390. The molecule has 0 fully saturated rings. The quantitative estimate of drug-likeness (QED) is 0.540. The van der Waals surface area contributed by atoms with Crippen molar-refractivity contribution >= 4 is 0 Å². The van der Waals surface area contributed by atoms with E-state index < -0.39 is 0 Å². The number of hydrogen-bond donors (Lipinski definition) is 1. The molecule has 8 heavy (non-hydrogen) atoms. The van der Waals surface area contributed by atoms with Gasteiger partial charge in [-0.25, -0.2) is 0 Å². The summed E-state index contributed by atoms with van der Waals surface area (Å²) in [7, 11) is 0. The first-order valence-electron chi connectivity index (χ1n) is 2.80. The Morgan fingerprint density at radius 3 is 2.62 bits per heavy atom. The lowest BCUT2D eigenvalue weighted by Crippen LogP contribution is -1.88. The average Bonchev–Trinajstić information content (AvgIpc) is 1.66. The molecular weight excluding hydrogens is 98.1 g/mol. The van der Waals surface area contributed by atoms with Crippen LogP contribution in [0.3, 0.4) is 0 Å². The third kappa shape index (κ3) is 5.28. The maximum absolute atomic E-state index is 5.36. The first-order chi connectivity index (χ1) is 3.77. The Hall–Kier alpha value is -0.720. The molecule has 0 unspecified atom stereocenters. The summed E-state index contributed by atoms with van der Waals surface area (Å²) in [5.74, 6) is 0. The minimum absolute atomic E-state index is 0.892. The van der Waals surface area contributed by atoms with Gasteiger partial charge in [0.05, 0.1) is 0 Å². The predicted octanol–water partition coefficient (Wildman–Crippen LogP) is 1.82. The summed E-state index contributed by atoms with van der Waals surface area (Å²) < 4.78 is 0. The van der Waals surface area contributed by atoms with Crippen LogP contribution in [0.1, 0.15) is 20.3 Å². The highest BCUT2D eigenvalue weighted by Crippen LogP contribution is 1.87. The summed E-state index contributed by atoms with van der Waals surface area (Å²) >= 11 is 0. The van der Waals surface area contributed by atoms with Crippen LogP contribution in [0.5, 0.6) is 0 Å². The van der Waals surface area contributed by atoms with Crippen LogP contribution < -0.4 is 5.73 Å². The largest absolute Gasteiger partial charge is 0.403 e.